The molecule has 4 rings (SSSR count). The van der Waals surface area contributed by atoms with Crippen LogP contribution in [-0.4, -0.2) is 49.5 Å². The summed E-state index contributed by atoms with van der Waals surface area (Å²) in [5, 5.41) is 13.2. The molecule has 1 fully saturated rings. The second-order valence-corrected chi connectivity index (χ2v) is 7.22. The Kier molecular flexibility index (Phi) is 5.09. The average Bonchev–Trinajstić information content (AvgIpc) is 2.63. The van der Waals surface area contributed by atoms with Gasteiger partial charge in [0.25, 0.3) is 0 Å². The molecular formula is C21H25FN2O2. The Morgan fingerprint density at radius 3 is 2.73 bits per heavy atom. The van der Waals surface area contributed by atoms with E-state index in [9.17, 15) is 9.50 Å². The number of fused-ring (bicyclic) bond motifs is 1. The van der Waals surface area contributed by atoms with Crippen LogP contribution < -0.4 is 10.1 Å². The third-order valence-electron chi connectivity index (χ3n) is 5.32. The monoisotopic (exact) mass is 356 g/mol. The molecule has 0 aromatic heterocycles. The number of nitrogens with zero attached hydrogens (tertiary/aromatic N) is 1. The number of aromatic hydroxyl groups is 1. The lowest BCUT2D eigenvalue weighted by Gasteiger charge is -2.37. The number of halogens is 1. The van der Waals surface area contributed by atoms with Crippen molar-refractivity contribution in [2.75, 3.05) is 39.5 Å². The van der Waals surface area contributed by atoms with Gasteiger partial charge in [0.05, 0.1) is 12.7 Å². The van der Waals surface area contributed by atoms with E-state index in [1.54, 1.807) is 6.07 Å². The van der Waals surface area contributed by atoms with E-state index >= 15 is 0 Å². The normalized spacial score (nSPS) is 20.4. The first-order valence-corrected chi connectivity index (χ1v) is 9.29. The highest BCUT2D eigenvalue weighted by atomic mass is 19.1. The molecule has 26 heavy (non-hydrogen) atoms. The Bertz CT molecular complexity index is 744. The van der Waals surface area contributed by atoms with E-state index in [-0.39, 0.29) is 18.6 Å². The van der Waals surface area contributed by atoms with Crippen molar-refractivity contribution < 1.29 is 14.2 Å². The van der Waals surface area contributed by atoms with Crippen LogP contribution in [0.15, 0.2) is 42.5 Å². The van der Waals surface area contributed by atoms with Crippen LogP contribution in [-0.2, 0) is 6.42 Å². The van der Waals surface area contributed by atoms with Gasteiger partial charge in [0.15, 0.2) is 0 Å². The van der Waals surface area contributed by atoms with E-state index in [0.29, 0.717) is 12.4 Å². The standard InChI is InChI=1S/C21H25FN2O2/c22-12-15-13-24(14-15)9-10-26-19-4-1-16(2-5-19)21-20-6-3-18(25)11-17(20)7-8-23-21/h1-6,11,15,21,23,25H,7-10,12-14H2/t21-/m0/s1. The van der Waals surface area contributed by atoms with Crippen molar-refractivity contribution in [2.45, 2.75) is 12.5 Å². The first-order valence-electron chi connectivity index (χ1n) is 9.29. The summed E-state index contributed by atoms with van der Waals surface area (Å²) in [7, 11) is 0. The second-order valence-electron chi connectivity index (χ2n) is 7.22. The molecule has 5 heteroatoms. The van der Waals surface area contributed by atoms with E-state index < -0.39 is 0 Å². The summed E-state index contributed by atoms with van der Waals surface area (Å²) in [5.41, 5.74) is 3.62. The summed E-state index contributed by atoms with van der Waals surface area (Å²) in [5.74, 6) is 1.41. The quantitative estimate of drug-likeness (QED) is 0.835. The lowest BCUT2D eigenvalue weighted by Crippen LogP contribution is -2.49. The smallest absolute Gasteiger partial charge is 0.119 e. The van der Waals surface area contributed by atoms with Crippen LogP contribution in [0.5, 0.6) is 11.5 Å². The average molecular weight is 356 g/mol. The minimum absolute atomic E-state index is 0.145. The highest BCUT2D eigenvalue weighted by molar-refractivity contribution is 5.44. The van der Waals surface area contributed by atoms with Gasteiger partial charge in [-0.2, -0.15) is 0 Å². The third kappa shape index (κ3) is 3.69. The summed E-state index contributed by atoms with van der Waals surface area (Å²) < 4.78 is 18.2. The van der Waals surface area contributed by atoms with E-state index in [2.05, 4.69) is 22.3 Å². The number of phenolic OH excluding ortho intramolecular Hbond substituents is 1. The van der Waals surface area contributed by atoms with Gasteiger partial charge < -0.3 is 15.2 Å². The van der Waals surface area contributed by atoms with Crippen LogP contribution in [0.2, 0.25) is 0 Å². The van der Waals surface area contributed by atoms with Gasteiger partial charge in [-0.15, -0.1) is 0 Å². The number of hydrogen-bond donors (Lipinski definition) is 2. The van der Waals surface area contributed by atoms with E-state index in [1.165, 1.54) is 16.7 Å². The molecule has 2 aliphatic heterocycles. The van der Waals surface area contributed by atoms with Crippen LogP contribution in [0.3, 0.4) is 0 Å². The summed E-state index contributed by atoms with van der Waals surface area (Å²) >= 11 is 0. The fraction of sp³-hybridized carbons (Fsp3) is 0.429. The van der Waals surface area contributed by atoms with Crippen molar-refractivity contribution in [3.63, 3.8) is 0 Å². The molecule has 0 amide bonds. The lowest BCUT2D eigenvalue weighted by atomic mass is 9.90. The molecule has 0 spiro atoms. The van der Waals surface area contributed by atoms with Gasteiger partial charge in [0.1, 0.15) is 18.1 Å². The Hall–Kier alpha value is -2.11. The van der Waals surface area contributed by atoms with Gasteiger partial charge >= 0.3 is 0 Å². The van der Waals surface area contributed by atoms with Gasteiger partial charge in [-0.25, -0.2) is 0 Å². The number of nitrogens with one attached hydrogen (secondary N) is 1. The molecule has 2 N–H and O–H groups in total. The van der Waals surface area contributed by atoms with Crippen molar-refractivity contribution in [1.29, 1.82) is 0 Å². The number of likely N-dealkylation sites (tertiary alicyclic amines) is 1. The third-order valence-corrected chi connectivity index (χ3v) is 5.32. The van der Waals surface area contributed by atoms with Gasteiger partial charge in [-0.05, 0) is 47.4 Å². The Balaban J connectivity index is 1.35. The maximum atomic E-state index is 12.4. The Labute approximate surface area is 153 Å². The molecule has 0 saturated carbocycles. The van der Waals surface area contributed by atoms with Crippen molar-refractivity contribution in [1.82, 2.24) is 10.2 Å². The largest absolute Gasteiger partial charge is 0.508 e. The first-order chi connectivity index (χ1) is 12.7. The number of hydrogen-bond acceptors (Lipinski definition) is 4. The van der Waals surface area contributed by atoms with Crippen LogP contribution in [0, 0.1) is 5.92 Å². The van der Waals surface area contributed by atoms with Crippen molar-refractivity contribution in [3.05, 3.63) is 59.2 Å². The molecule has 2 aliphatic rings. The number of ether oxygens (including phenoxy) is 1. The highest BCUT2D eigenvalue weighted by Gasteiger charge is 2.26. The number of alkyl halides is 1. The first kappa shape index (κ1) is 17.3. The van der Waals surface area contributed by atoms with Gasteiger partial charge in [0.2, 0.25) is 0 Å². The molecule has 2 heterocycles. The van der Waals surface area contributed by atoms with Gasteiger partial charge in [0, 0.05) is 32.1 Å². The zero-order valence-corrected chi connectivity index (χ0v) is 14.8. The Morgan fingerprint density at radius 1 is 1.15 bits per heavy atom. The molecule has 0 bridgehead atoms. The molecule has 2 aromatic rings. The van der Waals surface area contributed by atoms with Gasteiger partial charge in [-0.1, -0.05) is 18.2 Å². The lowest BCUT2D eigenvalue weighted by molar-refractivity contribution is 0.0668. The van der Waals surface area contributed by atoms with Crippen LogP contribution in [0.25, 0.3) is 0 Å². The van der Waals surface area contributed by atoms with Crippen LogP contribution >= 0.6 is 0 Å². The highest BCUT2D eigenvalue weighted by Crippen LogP contribution is 2.31. The summed E-state index contributed by atoms with van der Waals surface area (Å²) in [6, 6.07) is 14.0. The Morgan fingerprint density at radius 2 is 1.96 bits per heavy atom. The number of phenols is 1. The number of benzene rings is 2. The zero-order chi connectivity index (χ0) is 17.9. The molecule has 0 aliphatic carbocycles. The molecule has 2 aromatic carbocycles. The van der Waals surface area contributed by atoms with E-state index in [1.807, 2.05) is 24.3 Å². The maximum Gasteiger partial charge on any atom is 0.119 e. The van der Waals surface area contributed by atoms with E-state index in [0.717, 1.165) is 38.3 Å². The summed E-state index contributed by atoms with van der Waals surface area (Å²) in [4.78, 5) is 2.22. The fourth-order valence-corrected chi connectivity index (χ4v) is 3.85. The van der Waals surface area contributed by atoms with Crippen molar-refractivity contribution in [3.8, 4) is 11.5 Å². The number of rotatable bonds is 6. The van der Waals surface area contributed by atoms with Crippen molar-refractivity contribution in [2.24, 2.45) is 5.92 Å². The molecule has 138 valence electrons. The molecular weight excluding hydrogens is 331 g/mol. The SMILES string of the molecule is Oc1ccc2c(c1)CCN[C@H]2c1ccc(OCCN2CC(CF)C2)cc1. The fourth-order valence-electron chi connectivity index (χ4n) is 3.85. The van der Waals surface area contributed by atoms with Crippen LogP contribution in [0.1, 0.15) is 22.7 Å². The molecule has 1 saturated heterocycles. The topological polar surface area (TPSA) is 44.7 Å². The minimum atomic E-state index is -0.212. The van der Waals surface area contributed by atoms with Crippen molar-refractivity contribution >= 4 is 0 Å². The summed E-state index contributed by atoms with van der Waals surface area (Å²) in [6.45, 7) is 3.86. The predicted molar refractivity (Wildman–Crippen MR) is 99.5 cm³/mol. The second kappa shape index (κ2) is 7.64. The molecule has 0 unspecified atom stereocenters. The molecule has 0 radical (unpaired) electrons. The molecule has 1 atom stereocenters. The molecule has 4 nitrogen and oxygen atoms in total. The van der Waals surface area contributed by atoms with Crippen LogP contribution in [0.4, 0.5) is 4.39 Å². The summed E-state index contributed by atoms with van der Waals surface area (Å²) in [6.07, 6.45) is 0.932. The zero-order valence-electron chi connectivity index (χ0n) is 14.8. The maximum absolute atomic E-state index is 12.4. The minimum Gasteiger partial charge on any atom is -0.508 e. The van der Waals surface area contributed by atoms with Gasteiger partial charge in [-0.3, -0.25) is 9.29 Å². The predicted octanol–water partition coefficient (Wildman–Crippen LogP) is 2.91. The van der Waals surface area contributed by atoms with E-state index in [4.69, 9.17) is 4.74 Å².